The quantitative estimate of drug-likeness (QED) is 0.135. The van der Waals surface area contributed by atoms with E-state index in [4.69, 9.17) is 5.11 Å². The molecule has 0 fully saturated rings. The number of hydrogen-bond acceptors (Lipinski definition) is 5. The Morgan fingerprint density at radius 2 is 2.00 bits per heavy atom. The van der Waals surface area contributed by atoms with Gasteiger partial charge < -0.3 is 20.3 Å². The molecule has 0 aromatic carbocycles. The van der Waals surface area contributed by atoms with E-state index in [1.807, 2.05) is 4.90 Å². The Balaban J connectivity index is 0. The van der Waals surface area contributed by atoms with Gasteiger partial charge in [0.15, 0.2) is 0 Å². The number of rotatable bonds is 13. The molecule has 0 spiro atoms. The van der Waals surface area contributed by atoms with Crippen molar-refractivity contribution in [3.05, 3.63) is 12.2 Å². The largest absolute Gasteiger partial charge is 1.00 e. The third-order valence-corrected chi connectivity index (χ3v) is 3.03. The van der Waals surface area contributed by atoms with Gasteiger partial charge in [0.2, 0.25) is 0 Å². The van der Waals surface area contributed by atoms with Gasteiger partial charge in [0.1, 0.15) is 0 Å². The minimum Gasteiger partial charge on any atom is -0.862 e. The first-order valence-electron chi connectivity index (χ1n) is 7.93. The van der Waals surface area contributed by atoms with Crippen LogP contribution in [-0.4, -0.2) is 59.3 Å². The molecule has 0 saturated heterocycles. The topological polar surface area (TPSA) is 96.2 Å². The molecule has 1 unspecified atom stereocenters. The van der Waals surface area contributed by atoms with Gasteiger partial charge in [-0.2, -0.15) is 0 Å². The number of carboxylic acid groups (broad SMARTS) is 1. The molecule has 0 bridgehead atoms. The molecule has 1 atom stereocenters. The van der Waals surface area contributed by atoms with E-state index >= 15 is 0 Å². The fourth-order valence-corrected chi connectivity index (χ4v) is 1.97. The number of allylic oxidation sites excluding steroid dienone is 2. The smallest absolute Gasteiger partial charge is 0.862 e. The van der Waals surface area contributed by atoms with Crippen LogP contribution in [0.1, 0.15) is 46.0 Å². The number of unbranched alkanes of at least 4 members (excludes halogenated alkanes) is 1. The van der Waals surface area contributed by atoms with Crippen LogP contribution in [0.2, 0.25) is 0 Å². The first kappa shape index (κ1) is 24.4. The molecule has 0 aromatic heterocycles. The van der Waals surface area contributed by atoms with Gasteiger partial charge in [-0.15, -0.1) is 0 Å². The summed E-state index contributed by atoms with van der Waals surface area (Å²) in [5.41, 5.74) is 0. The van der Waals surface area contributed by atoms with Crippen molar-refractivity contribution in [3.8, 4) is 0 Å². The molecule has 2 N–H and O–H groups in total. The zero-order valence-electron chi connectivity index (χ0n) is 14.7. The summed E-state index contributed by atoms with van der Waals surface area (Å²) in [4.78, 5) is 16.4. The maximum atomic E-state index is 11.6. The SMILES string of the molecule is CC/C=C/CCCC([O-])=NCCN(CCC(=O)O)CC(C)O.[Li+]. The maximum absolute atomic E-state index is 11.6. The van der Waals surface area contributed by atoms with Gasteiger partial charge in [0.05, 0.1) is 19.1 Å². The van der Waals surface area contributed by atoms with Crippen LogP contribution in [0.15, 0.2) is 17.1 Å². The Hall–Kier alpha value is -0.803. The second kappa shape index (κ2) is 16.1. The van der Waals surface area contributed by atoms with E-state index in [2.05, 4.69) is 24.1 Å². The predicted octanol–water partition coefficient (Wildman–Crippen LogP) is -1.96. The zero-order valence-corrected chi connectivity index (χ0v) is 14.7. The Labute approximate surface area is 151 Å². The van der Waals surface area contributed by atoms with Crippen LogP contribution in [0, 0.1) is 0 Å². The summed E-state index contributed by atoms with van der Waals surface area (Å²) < 4.78 is 0. The molecular weight excluding hydrogens is 291 g/mol. The van der Waals surface area contributed by atoms with Gasteiger partial charge in [-0.05, 0) is 38.5 Å². The van der Waals surface area contributed by atoms with Crippen LogP contribution < -0.4 is 24.0 Å². The third-order valence-electron chi connectivity index (χ3n) is 3.03. The van der Waals surface area contributed by atoms with Gasteiger partial charge in [0, 0.05) is 19.6 Å². The number of aliphatic hydroxyl groups excluding tert-OH is 1. The minimum atomic E-state index is -0.872. The average Bonchev–Trinajstić information content (AvgIpc) is 2.43. The third kappa shape index (κ3) is 17.4. The van der Waals surface area contributed by atoms with Gasteiger partial charge in [-0.25, -0.2) is 0 Å². The molecule has 0 aliphatic heterocycles. The molecule has 0 rings (SSSR count). The molecule has 128 valence electrons. The van der Waals surface area contributed by atoms with Crippen molar-refractivity contribution in [1.29, 1.82) is 0 Å². The zero-order chi connectivity index (χ0) is 16.8. The summed E-state index contributed by atoms with van der Waals surface area (Å²) in [7, 11) is 0. The van der Waals surface area contributed by atoms with Crippen LogP contribution in [0.25, 0.3) is 0 Å². The van der Waals surface area contributed by atoms with E-state index in [0.29, 0.717) is 32.6 Å². The average molecular weight is 320 g/mol. The van der Waals surface area contributed by atoms with Crippen molar-refractivity contribution < 1.29 is 39.0 Å². The number of aliphatic carboxylic acids is 1. The van der Waals surface area contributed by atoms with E-state index in [0.717, 1.165) is 19.3 Å². The van der Waals surface area contributed by atoms with Crippen molar-refractivity contribution in [2.75, 3.05) is 26.2 Å². The monoisotopic (exact) mass is 320 g/mol. The van der Waals surface area contributed by atoms with E-state index in [9.17, 15) is 15.0 Å². The molecule has 0 aliphatic carbocycles. The summed E-state index contributed by atoms with van der Waals surface area (Å²) in [6.07, 6.45) is 6.78. The number of nitrogens with zero attached hydrogens (tertiary/aromatic N) is 2. The normalized spacial score (nSPS) is 13.3. The molecule has 0 aromatic rings. The molecule has 0 aliphatic rings. The second-order valence-electron chi connectivity index (χ2n) is 5.34. The van der Waals surface area contributed by atoms with E-state index in [1.165, 1.54) is 0 Å². The number of carbonyl (C=O) groups is 1. The molecule has 7 heteroatoms. The number of carboxylic acids is 1. The van der Waals surface area contributed by atoms with Gasteiger partial charge in [0.25, 0.3) is 0 Å². The van der Waals surface area contributed by atoms with Crippen LogP contribution in [0.5, 0.6) is 0 Å². The number of hydrogen-bond donors (Lipinski definition) is 2. The molecule has 0 amide bonds. The van der Waals surface area contributed by atoms with Crippen LogP contribution in [-0.2, 0) is 4.79 Å². The Kier molecular flexibility index (Phi) is 17.1. The summed E-state index contributed by atoms with van der Waals surface area (Å²) in [5, 5.41) is 29.7. The van der Waals surface area contributed by atoms with Crippen molar-refractivity contribution in [1.82, 2.24) is 4.90 Å². The van der Waals surface area contributed by atoms with Gasteiger partial charge >= 0.3 is 24.8 Å². The molecule has 0 heterocycles. The molecule has 23 heavy (non-hydrogen) atoms. The first-order chi connectivity index (χ1) is 10.5. The Bertz CT molecular complexity index is 360. The molecule has 0 radical (unpaired) electrons. The summed E-state index contributed by atoms with van der Waals surface area (Å²) in [5.74, 6) is -0.983. The summed E-state index contributed by atoms with van der Waals surface area (Å²) in [6.45, 7) is 5.29. The Morgan fingerprint density at radius 3 is 2.57 bits per heavy atom. The van der Waals surface area contributed by atoms with Crippen LogP contribution >= 0.6 is 0 Å². The van der Waals surface area contributed by atoms with E-state index < -0.39 is 12.1 Å². The fraction of sp³-hybridized carbons (Fsp3) is 0.750. The van der Waals surface area contributed by atoms with Gasteiger partial charge in [-0.1, -0.05) is 19.1 Å². The van der Waals surface area contributed by atoms with Crippen molar-refractivity contribution >= 4 is 11.9 Å². The standard InChI is InChI=1S/C16H30N2O4.Li/c1-3-4-5-6-7-8-15(20)17-10-12-18(13-14(2)19)11-9-16(21)22;/h4-5,14,19H,3,6-13H2,1-2H3,(H,17,20)(H,21,22);/q;+1/p-1/b5-4+;. The van der Waals surface area contributed by atoms with E-state index in [-0.39, 0.29) is 31.2 Å². The van der Waals surface area contributed by atoms with E-state index in [1.54, 1.807) is 6.92 Å². The molecular formula is C16H29LiN2O4. The van der Waals surface area contributed by atoms with Crippen molar-refractivity contribution in [2.45, 2.75) is 52.1 Å². The number of aliphatic imine (C=N–C) groups is 1. The van der Waals surface area contributed by atoms with Crippen LogP contribution in [0.4, 0.5) is 0 Å². The van der Waals surface area contributed by atoms with Crippen LogP contribution in [0.3, 0.4) is 0 Å². The fourth-order valence-electron chi connectivity index (χ4n) is 1.97. The van der Waals surface area contributed by atoms with Gasteiger partial charge in [-0.3, -0.25) is 9.69 Å². The summed E-state index contributed by atoms with van der Waals surface area (Å²) >= 11 is 0. The minimum absolute atomic E-state index is 0. The maximum Gasteiger partial charge on any atom is 1.00 e. The predicted molar refractivity (Wildman–Crippen MR) is 86.0 cm³/mol. The number of aliphatic hydroxyl groups is 1. The first-order valence-corrected chi connectivity index (χ1v) is 7.93. The van der Waals surface area contributed by atoms with Crippen molar-refractivity contribution in [2.24, 2.45) is 4.99 Å². The molecule has 0 saturated carbocycles. The molecule has 6 nitrogen and oxygen atoms in total. The van der Waals surface area contributed by atoms with Crippen molar-refractivity contribution in [3.63, 3.8) is 0 Å². The Morgan fingerprint density at radius 1 is 1.30 bits per heavy atom. The summed E-state index contributed by atoms with van der Waals surface area (Å²) in [6, 6.07) is 0. The second-order valence-corrected chi connectivity index (χ2v) is 5.34.